The molecule has 0 radical (unpaired) electrons. The topological polar surface area (TPSA) is 98.3 Å². The molecular weight excluding hydrogens is 308 g/mol. The monoisotopic (exact) mass is 324 g/mol. The Morgan fingerprint density at radius 3 is 2.64 bits per heavy atom. The minimum Gasteiger partial charge on any atom is -0.258 e. The molecule has 0 saturated carbocycles. The van der Waals surface area contributed by atoms with Crippen molar-refractivity contribution < 1.29 is 13.3 Å². The summed E-state index contributed by atoms with van der Waals surface area (Å²) >= 11 is 0. The summed E-state index contributed by atoms with van der Waals surface area (Å²) in [5.41, 5.74) is 1.83. The third-order valence-corrected chi connectivity index (χ3v) is 4.85. The number of hydrogen-bond donors (Lipinski definition) is 0. The minimum absolute atomic E-state index is 0.0397. The van der Waals surface area contributed by atoms with Crippen molar-refractivity contribution in [3.63, 3.8) is 0 Å². The molecule has 2 aromatic rings. The summed E-state index contributed by atoms with van der Waals surface area (Å²) in [5, 5.41) is 10.9. The summed E-state index contributed by atoms with van der Waals surface area (Å²) in [7, 11) is -0.740. The molecule has 118 valence electrons. The van der Waals surface area contributed by atoms with Crippen LogP contribution in [0.25, 0.3) is 0 Å². The van der Waals surface area contributed by atoms with E-state index in [2.05, 4.69) is 4.98 Å². The van der Waals surface area contributed by atoms with E-state index in [4.69, 9.17) is 0 Å². The quantitative estimate of drug-likeness (QED) is 0.610. The highest BCUT2D eigenvalue weighted by Crippen LogP contribution is 2.21. The van der Waals surface area contributed by atoms with E-state index in [0.29, 0.717) is 23.2 Å². The average Bonchev–Trinajstić information content (AvgIpc) is 2.89. The number of rotatable bonds is 5. The highest BCUT2D eigenvalue weighted by Gasteiger charge is 2.17. The summed E-state index contributed by atoms with van der Waals surface area (Å²) in [4.78, 5) is 14.5. The molecule has 0 amide bonds. The summed E-state index contributed by atoms with van der Waals surface area (Å²) in [5.74, 6) is 0. The van der Waals surface area contributed by atoms with Gasteiger partial charge in [-0.3, -0.25) is 10.1 Å². The highest BCUT2D eigenvalue weighted by molar-refractivity contribution is 7.87. The van der Waals surface area contributed by atoms with Crippen LogP contribution in [0.5, 0.6) is 0 Å². The Balaban J connectivity index is 2.28. The van der Waals surface area contributed by atoms with Crippen molar-refractivity contribution >= 4 is 15.9 Å². The zero-order chi connectivity index (χ0) is 16.5. The lowest BCUT2D eigenvalue weighted by molar-refractivity contribution is -0.385. The van der Waals surface area contributed by atoms with Gasteiger partial charge in [-0.1, -0.05) is 12.1 Å². The molecule has 0 saturated heterocycles. The van der Waals surface area contributed by atoms with Gasteiger partial charge in [0.1, 0.15) is 6.33 Å². The van der Waals surface area contributed by atoms with E-state index in [1.165, 1.54) is 32.7 Å². The predicted octanol–water partition coefficient (Wildman–Crippen LogP) is 1.35. The van der Waals surface area contributed by atoms with Crippen LogP contribution in [0.1, 0.15) is 16.8 Å². The first kappa shape index (κ1) is 16.1. The van der Waals surface area contributed by atoms with Crippen LogP contribution in [0.4, 0.5) is 5.69 Å². The lowest BCUT2D eigenvalue weighted by Crippen LogP contribution is -2.27. The number of benzene rings is 1. The average molecular weight is 324 g/mol. The van der Waals surface area contributed by atoms with Gasteiger partial charge in [-0.15, -0.1) is 0 Å². The van der Waals surface area contributed by atoms with Crippen LogP contribution < -0.4 is 0 Å². The molecule has 8 nitrogen and oxygen atoms in total. The fraction of sp³-hybridized carbons (Fsp3) is 0.308. The van der Waals surface area contributed by atoms with Gasteiger partial charge in [-0.05, 0) is 12.5 Å². The van der Waals surface area contributed by atoms with Crippen LogP contribution in [0.3, 0.4) is 0 Å². The molecule has 1 heterocycles. The van der Waals surface area contributed by atoms with E-state index in [-0.39, 0.29) is 5.69 Å². The van der Waals surface area contributed by atoms with Crippen LogP contribution in [0.2, 0.25) is 0 Å². The minimum atomic E-state index is -3.60. The Morgan fingerprint density at radius 1 is 1.36 bits per heavy atom. The van der Waals surface area contributed by atoms with Gasteiger partial charge in [-0.2, -0.15) is 12.7 Å². The van der Waals surface area contributed by atoms with E-state index in [0.717, 1.165) is 8.28 Å². The zero-order valence-electron chi connectivity index (χ0n) is 12.4. The largest absolute Gasteiger partial charge is 0.308 e. The second-order valence-electron chi connectivity index (χ2n) is 5.04. The van der Waals surface area contributed by atoms with Crippen LogP contribution in [0.15, 0.2) is 30.7 Å². The maximum absolute atomic E-state index is 11.9. The molecule has 2 rings (SSSR count). The second-order valence-corrected chi connectivity index (χ2v) is 7.09. The normalized spacial score (nSPS) is 11.8. The highest BCUT2D eigenvalue weighted by atomic mass is 32.2. The van der Waals surface area contributed by atoms with Crippen molar-refractivity contribution in [1.29, 1.82) is 0 Å². The van der Waals surface area contributed by atoms with Crippen molar-refractivity contribution in [2.75, 3.05) is 14.1 Å². The van der Waals surface area contributed by atoms with Gasteiger partial charge in [0.05, 0.1) is 10.6 Å². The van der Waals surface area contributed by atoms with Crippen LogP contribution in [0, 0.1) is 17.0 Å². The van der Waals surface area contributed by atoms with Crippen molar-refractivity contribution in [2.24, 2.45) is 0 Å². The molecule has 22 heavy (non-hydrogen) atoms. The van der Waals surface area contributed by atoms with E-state index in [1.54, 1.807) is 19.1 Å². The molecule has 0 fully saturated rings. The number of imidazole rings is 1. The SMILES string of the molecule is Cc1ccc(Cc2cn(S(=O)(=O)N(C)C)cn2)cc1[N+](=O)[O-]. The predicted molar refractivity (Wildman–Crippen MR) is 80.9 cm³/mol. The van der Waals surface area contributed by atoms with Gasteiger partial charge >= 0.3 is 10.2 Å². The number of nitrogens with zero attached hydrogens (tertiary/aromatic N) is 4. The number of hydrogen-bond acceptors (Lipinski definition) is 5. The molecule has 0 aliphatic rings. The molecule has 1 aromatic carbocycles. The van der Waals surface area contributed by atoms with Crippen molar-refractivity contribution in [2.45, 2.75) is 13.3 Å². The van der Waals surface area contributed by atoms with E-state index < -0.39 is 15.1 Å². The van der Waals surface area contributed by atoms with Crippen molar-refractivity contribution in [3.05, 3.63) is 57.7 Å². The molecule has 0 aliphatic carbocycles. The number of nitro benzene ring substituents is 1. The van der Waals surface area contributed by atoms with Gasteiger partial charge in [0, 0.05) is 38.3 Å². The fourth-order valence-electron chi connectivity index (χ4n) is 1.92. The Bertz CT molecular complexity index is 811. The van der Waals surface area contributed by atoms with E-state index in [1.807, 2.05) is 0 Å². The maximum Gasteiger partial charge on any atom is 0.308 e. The first-order valence-electron chi connectivity index (χ1n) is 6.41. The standard InChI is InChI=1S/C13H16N4O4S/c1-10-4-5-11(7-13(10)17(18)19)6-12-8-16(9-14-12)22(20,21)15(2)3/h4-5,7-9H,6H2,1-3H3. The Morgan fingerprint density at radius 2 is 2.05 bits per heavy atom. The third-order valence-electron chi connectivity index (χ3n) is 3.20. The lowest BCUT2D eigenvalue weighted by Gasteiger charge is -2.10. The summed E-state index contributed by atoms with van der Waals surface area (Å²) in [6.07, 6.45) is 2.94. The lowest BCUT2D eigenvalue weighted by atomic mass is 10.1. The summed E-state index contributed by atoms with van der Waals surface area (Å²) < 4.78 is 26.0. The van der Waals surface area contributed by atoms with Gasteiger partial charge in [-0.25, -0.2) is 8.96 Å². The Kier molecular flexibility index (Phi) is 4.29. The molecule has 0 unspecified atom stereocenters. The van der Waals surface area contributed by atoms with Gasteiger partial charge in [0.15, 0.2) is 0 Å². The molecule has 9 heteroatoms. The Hall–Kier alpha value is -2.26. The molecule has 0 aliphatic heterocycles. The summed E-state index contributed by atoms with van der Waals surface area (Å²) in [6.45, 7) is 1.67. The molecule has 0 bridgehead atoms. The molecule has 1 aromatic heterocycles. The van der Waals surface area contributed by atoms with Crippen molar-refractivity contribution in [1.82, 2.24) is 13.3 Å². The zero-order valence-corrected chi connectivity index (χ0v) is 13.2. The fourth-order valence-corrected chi connectivity index (χ4v) is 2.72. The molecule has 0 N–H and O–H groups in total. The van der Waals surface area contributed by atoms with Gasteiger partial charge < -0.3 is 0 Å². The van der Waals surface area contributed by atoms with Crippen molar-refractivity contribution in [3.8, 4) is 0 Å². The third kappa shape index (κ3) is 3.15. The first-order valence-corrected chi connectivity index (χ1v) is 7.81. The van der Waals surface area contributed by atoms with Gasteiger partial charge in [0.2, 0.25) is 0 Å². The van der Waals surface area contributed by atoms with Crippen LogP contribution >= 0.6 is 0 Å². The molecule has 0 atom stereocenters. The van der Waals surface area contributed by atoms with E-state index >= 15 is 0 Å². The van der Waals surface area contributed by atoms with Gasteiger partial charge in [0.25, 0.3) is 5.69 Å². The number of aryl methyl sites for hydroxylation is 1. The maximum atomic E-state index is 11.9. The second kappa shape index (κ2) is 5.85. The smallest absolute Gasteiger partial charge is 0.258 e. The number of nitro groups is 1. The number of aromatic nitrogens is 2. The first-order chi connectivity index (χ1) is 10.2. The summed E-state index contributed by atoms with van der Waals surface area (Å²) in [6, 6.07) is 4.91. The van der Waals surface area contributed by atoms with E-state index in [9.17, 15) is 18.5 Å². The van der Waals surface area contributed by atoms with Crippen LogP contribution in [-0.2, 0) is 16.6 Å². The molecule has 0 spiro atoms. The molecular formula is C13H16N4O4S. The van der Waals surface area contributed by atoms with Crippen LogP contribution in [-0.4, -0.2) is 40.7 Å². The Labute approximate surface area is 128 Å².